The average molecular weight is 265 g/mol. The molecule has 18 heavy (non-hydrogen) atoms. The van der Waals surface area contributed by atoms with Crippen molar-refractivity contribution in [2.24, 2.45) is 7.05 Å². The number of hydrogen-bond donors (Lipinski definition) is 0. The lowest BCUT2D eigenvalue weighted by atomic mass is 10.2. The molecule has 0 fully saturated rings. The van der Waals surface area contributed by atoms with Crippen LogP contribution in [0.5, 0.6) is 0 Å². The van der Waals surface area contributed by atoms with Crippen LogP contribution in [0.4, 0.5) is 0 Å². The van der Waals surface area contributed by atoms with Crippen LogP contribution in [-0.2, 0) is 11.8 Å². The van der Waals surface area contributed by atoms with Gasteiger partial charge in [-0.05, 0) is 31.6 Å². The number of aryl methyl sites for hydroxylation is 1. The Bertz CT molecular complexity index is 464. The van der Waals surface area contributed by atoms with Gasteiger partial charge in [-0.25, -0.2) is 0 Å². The fourth-order valence-corrected chi connectivity index (χ4v) is 2.53. The Morgan fingerprint density at radius 3 is 2.83 bits per heavy atom. The summed E-state index contributed by atoms with van der Waals surface area (Å²) in [6.45, 7) is 1.63. The number of aromatic nitrogens is 2. The highest BCUT2D eigenvalue weighted by Gasteiger charge is 2.18. The molecule has 0 aliphatic carbocycles. The van der Waals surface area contributed by atoms with Gasteiger partial charge in [-0.1, -0.05) is 6.07 Å². The number of nitrogens with zero attached hydrogens (tertiary/aromatic N) is 3. The first-order valence-electron chi connectivity index (χ1n) is 5.96. The first-order valence-corrected chi connectivity index (χ1v) is 6.84. The van der Waals surface area contributed by atoms with E-state index in [2.05, 4.69) is 27.5 Å². The van der Waals surface area contributed by atoms with Crippen LogP contribution in [0.25, 0.3) is 0 Å². The van der Waals surface area contributed by atoms with Crippen molar-refractivity contribution in [3.63, 3.8) is 0 Å². The van der Waals surface area contributed by atoms with E-state index < -0.39 is 0 Å². The third kappa shape index (κ3) is 3.19. The van der Waals surface area contributed by atoms with Gasteiger partial charge in [-0.15, -0.1) is 11.3 Å². The summed E-state index contributed by atoms with van der Waals surface area (Å²) >= 11 is 1.72. The van der Waals surface area contributed by atoms with Crippen LogP contribution in [0.1, 0.15) is 16.7 Å². The Kier molecular flexibility index (Phi) is 4.52. The minimum absolute atomic E-state index is 0.0163. The van der Waals surface area contributed by atoms with E-state index in [1.165, 1.54) is 4.88 Å². The summed E-state index contributed by atoms with van der Waals surface area (Å²) in [5.74, 6) is 0. The molecule has 98 valence electrons. The molecule has 0 saturated carbocycles. The highest BCUT2D eigenvalue weighted by molar-refractivity contribution is 7.10. The number of hydrogen-bond acceptors (Lipinski definition) is 4. The molecule has 0 aliphatic rings. The van der Waals surface area contributed by atoms with Crippen molar-refractivity contribution in [3.8, 4) is 0 Å². The van der Waals surface area contributed by atoms with Crippen LogP contribution < -0.4 is 0 Å². The molecule has 0 amide bonds. The molecule has 0 unspecified atom stereocenters. The maximum Gasteiger partial charge on any atom is 0.133 e. The average Bonchev–Trinajstić information content (AvgIpc) is 2.96. The van der Waals surface area contributed by atoms with Crippen LogP contribution >= 0.6 is 11.3 Å². The van der Waals surface area contributed by atoms with E-state index in [4.69, 9.17) is 4.74 Å². The highest BCUT2D eigenvalue weighted by Crippen LogP contribution is 2.28. The molecule has 0 saturated heterocycles. The smallest absolute Gasteiger partial charge is 0.133 e. The lowest BCUT2D eigenvalue weighted by Crippen LogP contribution is -2.20. The van der Waals surface area contributed by atoms with Gasteiger partial charge in [0, 0.05) is 24.7 Å². The Balaban J connectivity index is 2.12. The zero-order valence-corrected chi connectivity index (χ0v) is 11.9. The van der Waals surface area contributed by atoms with Gasteiger partial charge in [0.25, 0.3) is 0 Å². The van der Waals surface area contributed by atoms with Crippen LogP contribution in [0.2, 0.25) is 0 Å². The Labute approximate surface area is 112 Å². The van der Waals surface area contributed by atoms with Crippen molar-refractivity contribution in [2.45, 2.75) is 6.10 Å². The Morgan fingerprint density at radius 1 is 1.44 bits per heavy atom. The van der Waals surface area contributed by atoms with Crippen LogP contribution in [-0.4, -0.2) is 41.9 Å². The number of likely N-dealkylation sites (N-methyl/N-ethyl adjacent to an activating group) is 1. The number of thiophene rings is 1. The first-order chi connectivity index (χ1) is 8.68. The predicted molar refractivity (Wildman–Crippen MR) is 73.9 cm³/mol. The molecule has 0 N–H and O–H groups in total. The summed E-state index contributed by atoms with van der Waals surface area (Å²) < 4.78 is 7.91. The van der Waals surface area contributed by atoms with Crippen molar-refractivity contribution in [3.05, 3.63) is 40.3 Å². The first kappa shape index (κ1) is 13.3. The van der Waals surface area contributed by atoms with E-state index in [1.54, 1.807) is 11.3 Å². The highest BCUT2D eigenvalue weighted by atomic mass is 32.1. The minimum Gasteiger partial charge on any atom is -0.365 e. The monoisotopic (exact) mass is 265 g/mol. The van der Waals surface area contributed by atoms with Crippen LogP contribution in [0.3, 0.4) is 0 Å². The molecular weight excluding hydrogens is 246 g/mol. The van der Waals surface area contributed by atoms with Gasteiger partial charge in [-0.2, -0.15) is 5.10 Å². The molecule has 5 heteroatoms. The van der Waals surface area contributed by atoms with E-state index in [9.17, 15) is 0 Å². The molecular formula is C13H19N3OS. The summed E-state index contributed by atoms with van der Waals surface area (Å²) in [4.78, 5) is 3.34. The van der Waals surface area contributed by atoms with Crippen LogP contribution in [0, 0.1) is 0 Å². The predicted octanol–water partition coefficient (Wildman–Crippen LogP) is 2.15. The molecule has 2 aromatic rings. The van der Waals surface area contributed by atoms with Crippen LogP contribution in [0.15, 0.2) is 29.8 Å². The topological polar surface area (TPSA) is 30.3 Å². The molecule has 2 heterocycles. The molecule has 0 aromatic carbocycles. The zero-order chi connectivity index (χ0) is 13.0. The third-order valence-corrected chi connectivity index (χ3v) is 3.67. The Hall–Kier alpha value is -1.17. The fourth-order valence-electron chi connectivity index (χ4n) is 1.75. The van der Waals surface area contributed by atoms with Crippen molar-refractivity contribution in [1.29, 1.82) is 0 Å². The van der Waals surface area contributed by atoms with Crippen molar-refractivity contribution >= 4 is 11.3 Å². The van der Waals surface area contributed by atoms with Crippen molar-refractivity contribution in [1.82, 2.24) is 14.7 Å². The van der Waals surface area contributed by atoms with Gasteiger partial charge >= 0.3 is 0 Å². The summed E-state index contributed by atoms with van der Waals surface area (Å²) in [7, 11) is 6.05. The second-order valence-electron chi connectivity index (χ2n) is 4.45. The fraction of sp³-hybridized carbons (Fsp3) is 0.462. The molecule has 0 bridgehead atoms. The van der Waals surface area contributed by atoms with Crippen molar-refractivity contribution < 1.29 is 4.74 Å². The number of rotatable bonds is 6. The Morgan fingerprint density at radius 2 is 2.28 bits per heavy atom. The van der Waals surface area contributed by atoms with Gasteiger partial charge in [0.05, 0.1) is 12.3 Å². The van der Waals surface area contributed by atoms with Gasteiger partial charge in [0.1, 0.15) is 6.10 Å². The summed E-state index contributed by atoms with van der Waals surface area (Å²) in [6.07, 6.45) is 1.79. The lowest BCUT2D eigenvalue weighted by molar-refractivity contribution is 0.0660. The molecule has 0 aliphatic heterocycles. The number of ether oxygens (including phenoxy) is 1. The molecule has 2 aromatic heterocycles. The molecule has 0 spiro atoms. The molecule has 4 nitrogen and oxygen atoms in total. The maximum atomic E-state index is 6.03. The SMILES string of the molecule is CN(C)CCO[C@H](c1cccs1)c1ccnn1C. The second kappa shape index (κ2) is 6.13. The molecule has 2 rings (SSSR count). The third-order valence-electron chi connectivity index (χ3n) is 2.75. The van der Waals surface area contributed by atoms with Gasteiger partial charge in [-0.3, -0.25) is 4.68 Å². The summed E-state index contributed by atoms with van der Waals surface area (Å²) in [5.41, 5.74) is 1.09. The second-order valence-corrected chi connectivity index (χ2v) is 5.43. The summed E-state index contributed by atoms with van der Waals surface area (Å²) in [5, 5.41) is 6.30. The minimum atomic E-state index is -0.0163. The van der Waals surface area contributed by atoms with E-state index in [-0.39, 0.29) is 6.10 Å². The maximum absolute atomic E-state index is 6.03. The zero-order valence-electron chi connectivity index (χ0n) is 11.0. The van der Waals surface area contributed by atoms with Gasteiger partial charge < -0.3 is 9.64 Å². The largest absolute Gasteiger partial charge is 0.365 e. The quantitative estimate of drug-likeness (QED) is 0.801. The van der Waals surface area contributed by atoms with E-state index in [0.29, 0.717) is 6.61 Å². The van der Waals surface area contributed by atoms with E-state index in [0.717, 1.165) is 12.2 Å². The van der Waals surface area contributed by atoms with Gasteiger partial charge in [0.15, 0.2) is 0 Å². The lowest BCUT2D eigenvalue weighted by Gasteiger charge is -2.18. The standard InChI is InChI=1S/C13H19N3OS/c1-15(2)8-9-17-13(12-5-4-10-18-12)11-6-7-14-16(11)3/h4-7,10,13H,8-9H2,1-3H3/t13-/m0/s1. The normalized spacial score (nSPS) is 13.1. The van der Waals surface area contributed by atoms with Gasteiger partial charge in [0.2, 0.25) is 0 Å². The van der Waals surface area contributed by atoms with Crippen molar-refractivity contribution in [2.75, 3.05) is 27.2 Å². The molecule has 0 radical (unpaired) electrons. The van der Waals surface area contributed by atoms with E-state index >= 15 is 0 Å². The molecule has 1 atom stereocenters. The summed E-state index contributed by atoms with van der Waals surface area (Å²) in [6, 6.07) is 6.18. The van der Waals surface area contributed by atoms with E-state index in [1.807, 2.05) is 38.1 Å².